The molecule has 9 heavy (non-hydrogen) atoms. The van der Waals surface area contributed by atoms with E-state index in [1.54, 1.807) is 0 Å². The van der Waals surface area contributed by atoms with Crippen molar-refractivity contribution in [3.63, 3.8) is 0 Å². The molecule has 0 spiro atoms. The van der Waals surface area contributed by atoms with E-state index < -0.39 is 6.17 Å². The van der Waals surface area contributed by atoms with Crippen molar-refractivity contribution in [2.24, 2.45) is 0 Å². The van der Waals surface area contributed by atoms with Gasteiger partial charge in [0, 0.05) is 13.1 Å². The molecule has 1 rings (SSSR count). The maximum absolute atomic E-state index is 12.4. The first kappa shape index (κ1) is 6.50. The van der Waals surface area contributed by atoms with Crippen LogP contribution in [0.3, 0.4) is 0 Å². The van der Waals surface area contributed by atoms with Crippen LogP contribution in [0, 0.1) is 6.57 Å². The summed E-state index contributed by atoms with van der Waals surface area (Å²) in [6, 6.07) is 0. The highest BCUT2D eigenvalue weighted by molar-refractivity contribution is 4.76. The predicted molar refractivity (Wildman–Crippen MR) is 32.6 cm³/mol. The Bertz CT molecular complexity index is 130. The SMILES string of the molecule is [C-]#[N+]CN1CC[C@@H](F)C1. The zero-order valence-corrected chi connectivity index (χ0v) is 5.18. The molecule has 0 amide bonds. The van der Waals surface area contributed by atoms with Crippen molar-refractivity contribution in [1.29, 1.82) is 0 Å². The van der Waals surface area contributed by atoms with Gasteiger partial charge in [-0.1, -0.05) is 0 Å². The van der Waals surface area contributed by atoms with E-state index in [-0.39, 0.29) is 0 Å². The lowest BCUT2D eigenvalue weighted by atomic mass is 10.3. The topological polar surface area (TPSA) is 7.60 Å². The molecule has 1 atom stereocenters. The molecule has 0 aliphatic carbocycles. The van der Waals surface area contributed by atoms with Crippen LogP contribution < -0.4 is 0 Å². The van der Waals surface area contributed by atoms with Crippen molar-refractivity contribution < 1.29 is 4.39 Å². The molecule has 0 unspecified atom stereocenters. The summed E-state index contributed by atoms with van der Waals surface area (Å²) < 4.78 is 12.4. The Balaban J connectivity index is 2.24. The lowest BCUT2D eigenvalue weighted by molar-refractivity contribution is 0.305. The van der Waals surface area contributed by atoms with Gasteiger partial charge in [0.1, 0.15) is 6.17 Å². The maximum Gasteiger partial charge on any atom is 0.270 e. The van der Waals surface area contributed by atoms with E-state index >= 15 is 0 Å². The smallest absolute Gasteiger partial charge is 0.270 e. The summed E-state index contributed by atoms with van der Waals surface area (Å²) in [5.41, 5.74) is 0. The van der Waals surface area contributed by atoms with Gasteiger partial charge in [-0.15, -0.1) is 0 Å². The number of halogens is 1. The van der Waals surface area contributed by atoms with Gasteiger partial charge >= 0.3 is 0 Å². The zero-order chi connectivity index (χ0) is 6.69. The summed E-state index contributed by atoms with van der Waals surface area (Å²) >= 11 is 0. The summed E-state index contributed by atoms with van der Waals surface area (Å²) in [6.45, 7) is 8.07. The fourth-order valence-corrected chi connectivity index (χ4v) is 1.01. The minimum atomic E-state index is -0.688. The second kappa shape index (κ2) is 2.79. The van der Waals surface area contributed by atoms with Crippen LogP contribution >= 0.6 is 0 Å². The largest absolute Gasteiger partial charge is 0.299 e. The Morgan fingerprint density at radius 1 is 1.78 bits per heavy atom. The molecule has 0 saturated carbocycles. The van der Waals surface area contributed by atoms with Crippen LogP contribution in [-0.2, 0) is 0 Å². The van der Waals surface area contributed by atoms with Gasteiger partial charge < -0.3 is 0 Å². The summed E-state index contributed by atoms with van der Waals surface area (Å²) in [5, 5.41) is 0. The lowest BCUT2D eigenvalue weighted by Crippen LogP contribution is -2.19. The van der Waals surface area contributed by atoms with Crippen molar-refractivity contribution >= 4 is 0 Å². The van der Waals surface area contributed by atoms with Crippen LogP contribution in [-0.4, -0.2) is 30.8 Å². The number of nitrogens with zero attached hydrogens (tertiary/aromatic N) is 2. The zero-order valence-electron chi connectivity index (χ0n) is 5.18. The number of hydrogen-bond donors (Lipinski definition) is 0. The van der Waals surface area contributed by atoms with E-state index in [0.717, 1.165) is 6.54 Å². The lowest BCUT2D eigenvalue weighted by Gasteiger charge is -2.03. The molecule has 2 nitrogen and oxygen atoms in total. The first-order valence-corrected chi connectivity index (χ1v) is 3.02. The van der Waals surface area contributed by atoms with Gasteiger partial charge in [-0.25, -0.2) is 15.9 Å². The van der Waals surface area contributed by atoms with Crippen LogP contribution in [0.2, 0.25) is 0 Å². The van der Waals surface area contributed by atoms with Crippen LogP contribution in [0.4, 0.5) is 4.39 Å². The van der Waals surface area contributed by atoms with Gasteiger partial charge in [0.15, 0.2) is 0 Å². The minimum absolute atomic E-state index is 0.362. The van der Waals surface area contributed by atoms with Crippen molar-refractivity contribution in [2.45, 2.75) is 12.6 Å². The molecular weight excluding hydrogens is 119 g/mol. The fraction of sp³-hybridized carbons (Fsp3) is 0.833. The molecule has 0 N–H and O–H groups in total. The molecule has 0 aromatic heterocycles. The van der Waals surface area contributed by atoms with Crippen LogP contribution in [0.5, 0.6) is 0 Å². The van der Waals surface area contributed by atoms with Gasteiger partial charge in [-0.2, -0.15) is 0 Å². The molecule has 1 heterocycles. The molecule has 1 fully saturated rings. The third kappa shape index (κ3) is 1.65. The molecule has 0 aromatic carbocycles. The van der Waals surface area contributed by atoms with E-state index in [4.69, 9.17) is 6.57 Å². The predicted octanol–water partition coefficient (Wildman–Crippen LogP) is 0.907. The molecule has 0 aromatic rings. The molecule has 1 saturated heterocycles. The molecule has 1 aliphatic heterocycles. The molecule has 1 aliphatic rings. The highest BCUT2D eigenvalue weighted by Crippen LogP contribution is 2.10. The Labute approximate surface area is 54.1 Å². The Morgan fingerprint density at radius 2 is 2.56 bits per heavy atom. The van der Waals surface area contributed by atoms with E-state index in [9.17, 15) is 4.39 Å². The van der Waals surface area contributed by atoms with Gasteiger partial charge in [0.2, 0.25) is 0 Å². The average Bonchev–Trinajstić information content (AvgIpc) is 2.17. The monoisotopic (exact) mass is 128 g/mol. The number of hydrogen-bond acceptors (Lipinski definition) is 1. The first-order chi connectivity index (χ1) is 4.33. The van der Waals surface area contributed by atoms with Crippen LogP contribution in [0.25, 0.3) is 4.85 Å². The van der Waals surface area contributed by atoms with Crippen LogP contribution in [0.15, 0.2) is 0 Å². The summed E-state index contributed by atoms with van der Waals surface area (Å²) in [6.07, 6.45) is -0.0815. The first-order valence-electron chi connectivity index (χ1n) is 3.02. The van der Waals surface area contributed by atoms with Crippen molar-refractivity contribution in [3.8, 4) is 0 Å². The van der Waals surface area contributed by atoms with Gasteiger partial charge in [-0.3, -0.25) is 4.85 Å². The Hall–Kier alpha value is -0.620. The number of likely N-dealkylation sites (tertiary alicyclic amines) is 1. The van der Waals surface area contributed by atoms with E-state index in [2.05, 4.69) is 4.85 Å². The molecule has 0 bridgehead atoms. The van der Waals surface area contributed by atoms with Gasteiger partial charge in [0.05, 0.1) is 0 Å². The van der Waals surface area contributed by atoms with Crippen molar-refractivity contribution in [3.05, 3.63) is 11.4 Å². The third-order valence-electron chi connectivity index (χ3n) is 1.49. The van der Waals surface area contributed by atoms with Crippen LogP contribution in [0.1, 0.15) is 6.42 Å². The fourth-order valence-electron chi connectivity index (χ4n) is 1.01. The summed E-state index contributed by atoms with van der Waals surface area (Å²) in [5.74, 6) is 0. The molecule has 0 radical (unpaired) electrons. The minimum Gasteiger partial charge on any atom is -0.299 e. The Morgan fingerprint density at radius 3 is 3.00 bits per heavy atom. The maximum atomic E-state index is 12.4. The van der Waals surface area contributed by atoms with Crippen molar-refractivity contribution in [2.75, 3.05) is 19.8 Å². The third-order valence-corrected chi connectivity index (χ3v) is 1.49. The quantitative estimate of drug-likeness (QED) is 0.476. The normalized spacial score (nSPS) is 28.2. The molecule has 50 valence electrons. The van der Waals surface area contributed by atoms with Gasteiger partial charge in [0.25, 0.3) is 6.67 Å². The average molecular weight is 128 g/mol. The second-order valence-electron chi connectivity index (χ2n) is 2.26. The van der Waals surface area contributed by atoms with Crippen molar-refractivity contribution in [1.82, 2.24) is 4.90 Å². The summed E-state index contributed by atoms with van der Waals surface area (Å²) in [4.78, 5) is 4.99. The standard InChI is InChI=1S/C6H9FN2/c1-8-5-9-3-2-6(7)4-9/h6H,2-5H2/t6-/m1/s1. The van der Waals surface area contributed by atoms with E-state index in [1.165, 1.54) is 0 Å². The highest BCUT2D eigenvalue weighted by Gasteiger charge is 2.22. The number of rotatable bonds is 1. The van der Waals surface area contributed by atoms with E-state index in [0.29, 0.717) is 19.6 Å². The Kier molecular flexibility index (Phi) is 2.01. The highest BCUT2D eigenvalue weighted by atomic mass is 19.1. The van der Waals surface area contributed by atoms with E-state index in [1.807, 2.05) is 4.90 Å². The second-order valence-corrected chi connectivity index (χ2v) is 2.26. The molecule has 3 heteroatoms. The molecular formula is C6H9FN2. The van der Waals surface area contributed by atoms with Gasteiger partial charge in [-0.05, 0) is 6.42 Å². The number of alkyl halides is 1. The summed E-state index contributed by atoms with van der Waals surface area (Å²) in [7, 11) is 0.